The normalized spacial score (nSPS) is 20.3. The van der Waals surface area contributed by atoms with Crippen molar-refractivity contribution in [1.29, 1.82) is 0 Å². The van der Waals surface area contributed by atoms with Crippen LogP contribution in [0.1, 0.15) is 43.0 Å². The summed E-state index contributed by atoms with van der Waals surface area (Å²) in [6.07, 6.45) is 5.23. The Morgan fingerprint density at radius 1 is 1.14 bits per heavy atom. The van der Waals surface area contributed by atoms with Crippen LogP contribution in [0.2, 0.25) is 19.6 Å². The van der Waals surface area contributed by atoms with E-state index in [2.05, 4.69) is 26.6 Å². The van der Waals surface area contributed by atoms with Crippen molar-refractivity contribution >= 4 is 19.2 Å². The molecular weight excluding hydrogens is 280 g/mol. The van der Waals surface area contributed by atoms with Gasteiger partial charge in [-0.05, 0) is 30.9 Å². The zero-order valence-electron chi connectivity index (χ0n) is 13.4. The van der Waals surface area contributed by atoms with Crippen molar-refractivity contribution in [1.82, 2.24) is 0 Å². The Hall–Kier alpha value is -1.13. The first-order valence-electron chi connectivity index (χ1n) is 7.73. The Morgan fingerprint density at radius 2 is 1.81 bits per heavy atom. The van der Waals surface area contributed by atoms with Crippen molar-refractivity contribution in [3.63, 3.8) is 0 Å². The van der Waals surface area contributed by atoms with Crippen LogP contribution in [0.25, 0.3) is 0 Å². The van der Waals surface area contributed by atoms with Gasteiger partial charge in [-0.2, -0.15) is 4.89 Å². The first-order valence-corrected chi connectivity index (χ1v) is 11.2. The summed E-state index contributed by atoms with van der Waals surface area (Å²) in [5, 5.41) is 1.33. The Balaban J connectivity index is 1.91. The molecule has 1 aliphatic rings. The molecule has 0 saturated heterocycles. The first kappa shape index (κ1) is 16.2. The number of hydrogen-bond donors (Lipinski definition) is 0. The topological polar surface area (TPSA) is 35.5 Å². The molecule has 0 N–H and O–H groups in total. The highest BCUT2D eigenvalue weighted by molar-refractivity contribution is 6.88. The monoisotopic (exact) mass is 305 g/mol. The predicted molar refractivity (Wildman–Crippen MR) is 86.8 cm³/mol. The minimum absolute atomic E-state index is 0.376. The van der Waals surface area contributed by atoms with Crippen LogP contribution in [0.3, 0.4) is 0 Å². The molecule has 0 spiro atoms. The average molecular weight is 305 g/mol. The molecule has 1 unspecified atom stereocenters. The highest BCUT2D eigenvalue weighted by atomic mass is 28.3. The van der Waals surface area contributed by atoms with Gasteiger partial charge in [0.25, 0.3) is 0 Å². The molecule has 0 heterocycles. The third-order valence-electron chi connectivity index (χ3n) is 4.07. The number of carbonyl (C=O) groups excluding carboxylic acids is 1. The maximum atomic E-state index is 12.0. The molecule has 1 aromatic rings. The third-order valence-corrected chi connectivity index (χ3v) is 6.14. The highest BCUT2D eigenvalue weighted by Crippen LogP contribution is 2.32. The maximum absolute atomic E-state index is 12.0. The fraction of sp³-hybridized carbons (Fsp3) is 0.529. The van der Waals surface area contributed by atoms with Crippen molar-refractivity contribution in [2.24, 2.45) is 5.92 Å². The fourth-order valence-corrected chi connectivity index (χ4v) is 3.69. The summed E-state index contributed by atoms with van der Waals surface area (Å²) in [5.74, 6) is -0.0387. The Kier molecular flexibility index (Phi) is 5.22. The van der Waals surface area contributed by atoms with Crippen molar-refractivity contribution in [3.8, 4) is 0 Å². The first-order chi connectivity index (χ1) is 9.88. The fourth-order valence-electron chi connectivity index (χ4n) is 2.53. The molecule has 0 aromatic heterocycles. The molecule has 1 fully saturated rings. The van der Waals surface area contributed by atoms with Crippen LogP contribution in [0, 0.1) is 12.0 Å². The second-order valence-corrected chi connectivity index (χ2v) is 12.0. The van der Waals surface area contributed by atoms with Crippen molar-refractivity contribution in [2.75, 3.05) is 0 Å². The van der Waals surface area contributed by atoms with Crippen LogP contribution >= 0.6 is 0 Å². The molecule has 3 nitrogen and oxygen atoms in total. The number of benzene rings is 1. The number of carbonyl (C=O) groups is 1. The number of hydrogen-bond acceptors (Lipinski definition) is 3. The van der Waals surface area contributed by atoms with Gasteiger partial charge in [0.15, 0.2) is 6.10 Å². The summed E-state index contributed by atoms with van der Waals surface area (Å²) < 4.78 is 0. The van der Waals surface area contributed by atoms with E-state index in [0.717, 1.165) is 25.4 Å². The summed E-state index contributed by atoms with van der Waals surface area (Å²) >= 11 is 0. The lowest BCUT2D eigenvalue weighted by molar-refractivity contribution is -0.246. The predicted octanol–water partition coefficient (Wildman–Crippen LogP) is 4.06. The molecule has 0 aliphatic heterocycles. The van der Waals surface area contributed by atoms with Crippen molar-refractivity contribution < 1.29 is 14.6 Å². The van der Waals surface area contributed by atoms with Gasteiger partial charge in [0.1, 0.15) is 0 Å². The van der Waals surface area contributed by atoms with Gasteiger partial charge in [-0.25, -0.2) is 4.79 Å². The SMILES string of the molecule is CC1CCCC[C]1OOC(=O)c1ccc([Si](C)(C)C)cc1. The van der Waals surface area contributed by atoms with Crippen LogP contribution in [-0.2, 0) is 9.78 Å². The molecule has 1 radical (unpaired) electrons. The second kappa shape index (κ2) is 6.75. The third kappa shape index (κ3) is 4.42. The molecule has 1 saturated carbocycles. The van der Waals surface area contributed by atoms with Gasteiger partial charge in [-0.3, -0.25) is 4.89 Å². The summed E-state index contributed by atoms with van der Waals surface area (Å²) in [7, 11) is -1.33. The average Bonchev–Trinajstić information content (AvgIpc) is 2.45. The lowest BCUT2D eigenvalue weighted by Gasteiger charge is -2.25. The molecule has 0 amide bonds. The molecule has 1 atom stereocenters. The van der Waals surface area contributed by atoms with Gasteiger partial charge in [0.05, 0.1) is 13.6 Å². The summed E-state index contributed by atoms with van der Waals surface area (Å²) in [6, 6.07) is 7.71. The van der Waals surface area contributed by atoms with E-state index in [-0.39, 0.29) is 0 Å². The van der Waals surface area contributed by atoms with E-state index in [1.807, 2.05) is 24.3 Å². The lowest BCUT2D eigenvalue weighted by atomic mass is 9.88. The van der Waals surface area contributed by atoms with Gasteiger partial charge in [-0.1, -0.05) is 56.7 Å². The molecule has 1 aliphatic carbocycles. The van der Waals surface area contributed by atoms with Gasteiger partial charge in [-0.15, -0.1) is 0 Å². The Morgan fingerprint density at radius 3 is 2.38 bits per heavy atom. The lowest BCUT2D eigenvalue weighted by Crippen LogP contribution is -2.37. The van der Waals surface area contributed by atoms with Crippen LogP contribution in [0.4, 0.5) is 0 Å². The summed E-state index contributed by atoms with van der Waals surface area (Å²) in [6.45, 7) is 8.96. The zero-order valence-corrected chi connectivity index (χ0v) is 14.4. The molecule has 0 bridgehead atoms. The Labute approximate surface area is 128 Å². The van der Waals surface area contributed by atoms with E-state index in [4.69, 9.17) is 9.78 Å². The summed E-state index contributed by atoms with van der Waals surface area (Å²) in [4.78, 5) is 22.3. The van der Waals surface area contributed by atoms with Crippen LogP contribution in [0.5, 0.6) is 0 Å². The van der Waals surface area contributed by atoms with E-state index < -0.39 is 14.0 Å². The Bertz CT molecular complexity index is 476. The van der Waals surface area contributed by atoms with Crippen LogP contribution in [-0.4, -0.2) is 14.0 Å². The van der Waals surface area contributed by atoms with E-state index in [9.17, 15) is 4.79 Å². The highest BCUT2D eigenvalue weighted by Gasteiger charge is 2.26. The van der Waals surface area contributed by atoms with Crippen LogP contribution < -0.4 is 5.19 Å². The van der Waals surface area contributed by atoms with E-state index in [0.29, 0.717) is 11.5 Å². The minimum atomic E-state index is -1.33. The largest absolute Gasteiger partial charge is 0.373 e. The van der Waals surface area contributed by atoms with Gasteiger partial charge in [0.2, 0.25) is 0 Å². The second-order valence-electron chi connectivity index (χ2n) is 6.89. The summed E-state index contributed by atoms with van der Waals surface area (Å²) in [5.41, 5.74) is 0.543. The van der Waals surface area contributed by atoms with Crippen LogP contribution in [0.15, 0.2) is 24.3 Å². The molecule has 2 rings (SSSR count). The molecule has 21 heavy (non-hydrogen) atoms. The zero-order chi connectivity index (χ0) is 15.5. The number of rotatable bonds is 4. The van der Waals surface area contributed by atoms with E-state index in [1.165, 1.54) is 11.6 Å². The van der Waals surface area contributed by atoms with Crippen molar-refractivity contribution in [2.45, 2.75) is 52.2 Å². The van der Waals surface area contributed by atoms with E-state index >= 15 is 0 Å². The maximum Gasteiger partial charge on any atom is 0.373 e. The van der Waals surface area contributed by atoms with Crippen molar-refractivity contribution in [3.05, 3.63) is 35.9 Å². The van der Waals surface area contributed by atoms with Gasteiger partial charge >= 0.3 is 5.97 Å². The molecule has 4 heteroatoms. The molecule has 115 valence electrons. The smallest absolute Gasteiger partial charge is 0.292 e. The van der Waals surface area contributed by atoms with Gasteiger partial charge in [0, 0.05) is 0 Å². The quantitative estimate of drug-likeness (QED) is 0.478. The molecular formula is C17H25O3Si. The standard InChI is InChI=1S/C17H25O3Si/c1-13-7-5-6-8-16(13)19-20-17(18)14-9-11-15(12-10-14)21(2,3)4/h9-13H,5-8H2,1-4H3. The minimum Gasteiger partial charge on any atom is -0.292 e. The molecule has 1 aromatic carbocycles. The van der Waals surface area contributed by atoms with Gasteiger partial charge < -0.3 is 0 Å². The van der Waals surface area contributed by atoms with E-state index in [1.54, 1.807) is 0 Å².